The van der Waals surface area contributed by atoms with E-state index in [4.69, 9.17) is 18.8 Å². The highest BCUT2D eigenvalue weighted by atomic mass is 16.6. The predicted octanol–water partition coefficient (Wildman–Crippen LogP) is 3.85. The Balaban J connectivity index is 1.97. The van der Waals surface area contributed by atoms with Crippen molar-refractivity contribution in [1.29, 1.82) is 0 Å². The standard InChI is InChI=1S/C18H24BN2O6/c1-17(2,3)24-15(22)20-11-7-9-13(20)26-19-27-14-10-8-12-21(14)16(23)25-18(4,5)6/h7-12H,1-6H3. The lowest BCUT2D eigenvalue weighted by atomic mass is 10.2. The number of aromatic nitrogens is 2. The molecule has 2 rings (SSSR count). The van der Waals surface area contributed by atoms with Gasteiger partial charge in [-0.1, -0.05) is 0 Å². The normalized spacial score (nSPS) is 11.6. The topological polar surface area (TPSA) is 80.9 Å². The third-order valence-electron chi connectivity index (χ3n) is 2.94. The molecule has 0 N–H and O–H groups in total. The highest BCUT2D eigenvalue weighted by Gasteiger charge is 2.22. The van der Waals surface area contributed by atoms with Gasteiger partial charge in [-0.3, -0.25) is 0 Å². The summed E-state index contributed by atoms with van der Waals surface area (Å²) in [6.45, 7) is 10.6. The maximum absolute atomic E-state index is 12.2. The fourth-order valence-electron chi connectivity index (χ4n) is 1.97. The molecular weight excluding hydrogens is 351 g/mol. The fourth-order valence-corrected chi connectivity index (χ4v) is 1.97. The number of carbonyl (C=O) groups excluding carboxylic acids is 2. The van der Waals surface area contributed by atoms with Gasteiger partial charge in [-0.05, 0) is 65.8 Å². The van der Waals surface area contributed by atoms with Gasteiger partial charge in [0.05, 0.1) is 0 Å². The first-order valence-corrected chi connectivity index (χ1v) is 8.43. The van der Waals surface area contributed by atoms with Crippen LogP contribution in [-0.4, -0.2) is 40.2 Å². The molecule has 27 heavy (non-hydrogen) atoms. The van der Waals surface area contributed by atoms with Crippen molar-refractivity contribution in [3.8, 4) is 11.8 Å². The summed E-state index contributed by atoms with van der Waals surface area (Å²) in [6.07, 6.45) is 1.88. The summed E-state index contributed by atoms with van der Waals surface area (Å²) in [5.41, 5.74) is -1.26. The van der Waals surface area contributed by atoms with E-state index in [0.29, 0.717) is 0 Å². The van der Waals surface area contributed by atoms with Crippen LogP contribution in [0.25, 0.3) is 0 Å². The molecule has 0 unspecified atom stereocenters. The molecule has 0 fully saturated rings. The molecule has 0 bridgehead atoms. The van der Waals surface area contributed by atoms with Crippen LogP contribution in [-0.2, 0) is 9.47 Å². The van der Waals surface area contributed by atoms with E-state index in [9.17, 15) is 9.59 Å². The molecule has 0 atom stereocenters. The quantitative estimate of drug-likeness (QED) is 0.756. The van der Waals surface area contributed by atoms with E-state index in [2.05, 4.69) is 0 Å². The lowest BCUT2D eigenvalue weighted by Crippen LogP contribution is -2.28. The van der Waals surface area contributed by atoms with Crippen LogP contribution >= 0.6 is 0 Å². The fraction of sp³-hybridized carbons (Fsp3) is 0.444. The maximum atomic E-state index is 12.2. The van der Waals surface area contributed by atoms with E-state index in [-0.39, 0.29) is 11.8 Å². The predicted molar refractivity (Wildman–Crippen MR) is 99.1 cm³/mol. The molecule has 9 heteroatoms. The van der Waals surface area contributed by atoms with Crippen molar-refractivity contribution in [2.24, 2.45) is 0 Å². The molecule has 0 aliphatic carbocycles. The second-order valence-corrected chi connectivity index (χ2v) is 7.73. The zero-order valence-corrected chi connectivity index (χ0v) is 16.4. The van der Waals surface area contributed by atoms with Crippen molar-refractivity contribution in [2.75, 3.05) is 0 Å². The van der Waals surface area contributed by atoms with E-state index in [0.717, 1.165) is 7.69 Å². The largest absolute Gasteiger partial charge is 0.660 e. The van der Waals surface area contributed by atoms with Gasteiger partial charge in [0, 0.05) is 12.4 Å². The number of ether oxygens (including phenoxy) is 2. The van der Waals surface area contributed by atoms with Gasteiger partial charge in [0.15, 0.2) is 11.8 Å². The molecule has 0 aromatic carbocycles. The summed E-state index contributed by atoms with van der Waals surface area (Å²) < 4.78 is 23.7. The molecule has 8 nitrogen and oxygen atoms in total. The zero-order valence-electron chi connectivity index (χ0n) is 16.4. The summed E-state index contributed by atoms with van der Waals surface area (Å²) >= 11 is 0. The van der Waals surface area contributed by atoms with Crippen LogP contribution in [0, 0.1) is 0 Å². The van der Waals surface area contributed by atoms with Gasteiger partial charge in [-0.2, -0.15) is 0 Å². The van der Waals surface area contributed by atoms with Gasteiger partial charge in [0.2, 0.25) is 0 Å². The van der Waals surface area contributed by atoms with Gasteiger partial charge >= 0.3 is 19.9 Å². The van der Waals surface area contributed by atoms with Gasteiger partial charge in [0.25, 0.3) is 0 Å². The van der Waals surface area contributed by atoms with Crippen molar-refractivity contribution in [1.82, 2.24) is 9.13 Å². The summed E-state index contributed by atoms with van der Waals surface area (Å²) in [7, 11) is 1.02. The Bertz CT molecular complexity index is 731. The minimum Gasteiger partial charge on any atom is -0.513 e. The van der Waals surface area contributed by atoms with E-state index in [1.165, 1.54) is 21.5 Å². The smallest absolute Gasteiger partial charge is 0.513 e. The SMILES string of the molecule is CC(C)(C)OC(=O)n1cccc1O[B]Oc1cccn1C(=O)OC(C)(C)C. The van der Waals surface area contributed by atoms with Crippen molar-refractivity contribution >= 4 is 19.9 Å². The van der Waals surface area contributed by atoms with Crippen molar-refractivity contribution in [2.45, 2.75) is 52.7 Å². The molecule has 2 aromatic rings. The van der Waals surface area contributed by atoms with Crippen LogP contribution < -0.4 is 9.31 Å². The van der Waals surface area contributed by atoms with Crippen LogP contribution in [0.2, 0.25) is 0 Å². The Kier molecular flexibility index (Phi) is 5.93. The molecule has 145 valence electrons. The lowest BCUT2D eigenvalue weighted by molar-refractivity contribution is 0.0521. The first-order chi connectivity index (χ1) is 12.5. The minimum atomic E-state index is -0.632. The Labute approximate surface area is 159 Å². The molecule has 0 amide bonds. The van der Waals surface area contributed by atoms with Crippen molar-refractivity contribution in [3.05, 3.63) is 36.7 Å². The van der Waals surface area contributed by atoms with Crippen LogP contribution in [0.15, 0.2) is 36.7 Å². The average molecular weight is 375 g/mol. The molecule has 0 spiro atoms. The van der Waals surface area contributed by atoms with Crippen LogP contribution in [0.4, 0.5) is 9.59 Å². The van der Waals surface area contributed by atoms with E-state index in [1.54, 1.807) is 65.8 Å². The van der Waals surface area contributed by atoms with Crippen LogP contribution in [0.3, 0.4) is 0 Å². The maximum Gasteiger partial charge on any atom is 0.660 e. The first-order valence-electron chi connectivity index (χ1n) is 8.43. The Morgan fingerprint density at radius 3 is 1.48 bits per heavy atom. The summed E-state index contributed by atoms with van der Waals surface area (Å²) in [6, 6.07) is 6.43. The van der Waals surface area contributed by atoms with Crippen molar-refractivity contribution in [3.63, 3.8) is 0 Å². The molecule has 0 aliphatic rings. The molecule has 0 saturated heterocycles. The molecule has 0 saturated carbocycles. The summed E-state index contributed by atoms with van der Waals surface area (Å²) in [5, 5.41) is 0. The van der Waals surface area contributed by atoms with Gasteiger partial charge in [-0.25, -0.2) is 18.7 Å². The van der Waals surface area contributed by atoms with E-state index >= 15 is 0 Å². The molecule has 2 heterocycles. The third kappa shape index (κ3) is 6.12. The number of carbonyl (C=O) groups is 2. The van der Waals surface area contributed by atoms with Crippen LogP contribution in [0.1, 0.15) is 41.5 Å². The number of rotatable bonds is 4. The highest BCUT2D eigenvalue weighted by Crippen LogP contribution is 2.18. The summed E-state index contributed by atoms with van der Waals surface area (Å²) in [5.74, 6) is 0.416. The highest BCUT2D eigenvalue weighted by molar-refractivity contribution is 6.20. The minimum absolute atomic E-state index is 0.208. The van der Waals surface area contributed by atoms with Gasteiger partial charge in [-0.15, -0.1) is 0 Å². The average Bonchev–Trinajstić information content (AvgIpc) is 3.12. The zero-order chi connectivity index (χ0) is 20.2. The number of hydrogen-bond donors (Lipinski definition) is 0. The second kappa shape index (κ2) is 7.81. The Morgan fingerprint density at radius 2 is 1.15 bits per heavy atom. The monoisotopic (exact) mass is 375 g/mol. The molecule has 0 aliphatic heterocycles. The molecule has 2 aromatic heterocycles. The molecule has 1 radical (unpaired) electrons. The number of nitrogens with zero attached hydrogens (tertiary/aromatic N) is 2. The summed E-state index contributed by atoms with van der Waals surface area (Å²) in [4.78, 5) is 24.3. The van der Waals surface area contributed by atoms with Crippen LogP contribution in [0.5, 0.6) is 11.8 Å². The van der Waals surface area contributed by atoms with E-state index < -0.39 is 23.4 Å². The van der Waals surface area contributed by atoms with E-state index in [1.807, 2.05) is 0 Å². The lowest BCUT2D eigenvalue weighted by Gasteiger charge is -2.20. The number of hydrogen-bond acceptors (Lipinski definition) is 6. The van der Waals surface area contributed by atoms with Gasteiger partial charge < -0.3 is 18.8 Å². The van der Waals surface area contributed by atoms with Gasteiger partial charge in [0.1, 0.15) is 11.2 Å². The first kappa shape index (κ1) is 20.5. The Hall–Kier alpha value is -2.84. The molecular formula is C18H24BN2O6. The Morgan fingerprint density at radius 1 is 0.778 bits per heavy atom. The second-order valence-electron chi connectivity index (χ2n) is 7.73. The third-order valence-corrected chi connectivity index (χ3v) is 2.94. The van der Waals surface area contributed by atoms with Crippen molar-refractivity contribution < 1.29 is 28.4 Å².